The molecule has 8 fully saturated rings. The number of morpholine rings is 1. The molecule has 8 rings (SSSR count). The van der Waals surface area contributed by atoms with E-state index in [1.807, 2.05) is 4.90 Å². The maximum atomic E-state index is 12.9. The summed E-state index contributed by atoms with van der Waals surface area (Å²) in [6.45, 7) is 14.1. The summed E-state index contributed by atoms with van der Waals surface area (Å²) in [5, 5.41) is 15.2. The first kappa shape index (κ1) is 33.0. The molecule has 0 aromatic carbocycles. The van der Waals surface area contributed by atoms with Gasteiger partial charge in [-0.1, -0.05) is 34.6 Å². The number of nitrogens with zero attached hydrogens (tertiary/aromatic N) is 1. The Kier molecular flexibility index (Phi) is 7.81. The minimum Gasteiger partial charge on any atom is -0.390 e. The van der Waals surface area contributed by atoms with Crippen molar-refractivity contribution < 1.29 is 28.9 Å². The Morgan fingerprint density at radius 3 is 2.49 bits per heavy atom. The van der Waals surface area contributed by atoms with Gasteiger partial charge in [-0.15, -0.1) is 0 Å². The molecule has 264 valence electrons. The molecule has 0 aromatic rings. The Labute approximate surface area is 282 Å². The third-order valence-corrected chi connectivity index (χ3v) is 16.6. The summed E-state index contributed by atoms with van der Waals surface area (Å²) in [5.74, 6) is 2.87. The van der Waals surface area contributed by atoms with Gasteiger partial charge in [0.1, 0.15) is 0 Å². The van der Waals surface area contributed by atoms with Crippen LogP contribution >= 0.6 is 0 Å². The predicted octanol–water partition coefficient (Wildman–Crippen LogP) is 5.70. The van der Waals surface area contributed by atoms with E-state index in [1.54, 1.807) is 7.05 Å². The van der Waals surface area contributed by atoms with Crippen LogP contribution in [0.15, 0.2) is 0 Å². The Morgan fingerprint density at radius 2 is 1.74 bits per heavy atom. The summed E-state index contributed by atoms with van der Waals surface area (Å²) in [7, 11) is 1.70. The maximum Gasteiger partial charge on any atom is 0.223 e. The third kappa shape index (κ3) is 4.65. The number of fused-ring (bicyclic) bond motifs is 4. The van der Waals surface area contributed by atoms with Crippen molar-refractivity contribution in [3.63, 3.8) is 0 Å². The zero-order valence-electron chi connectivity index (χ0n) is 30.0. The van der Waals surface area contributed by atoms with Crippen LogP contribution in [-0.4, -0.2) is 79.3 Å². The number of rotatable bonds is 7. The summed E-state index contributed by atoms with van der Waals surface area (Å²) in [6, 6.07) is 0. The highest BCUT2D eigenvalue weighted by atomic mass is 16.7. The summed E-state index contributed by atoms with van der Waals surface area (Å²) in [5.41, 5.74) is 0.528. The van der Waals surface area contributed by atoms with Gasteiger partial charge in [0.15, 0.2) is 6.29 Å². The van der Waals surface area contributed by atoms with Gasteiger partial charge in [0.05, 0.1) is 37.6 Å². The molecule has 47 heavy (non-hydrogen) atoms. The van der Waals surface area contributed by atoms with Gasteiger partial charge in [-0.2, -0.15) is 0 Å². The molecule has 2 aliphatic heterocycles. The Hall–Kier alpha value is -1.22. The highest BCUT2D eigenvalue weighted by molar-refractivity contribution is 5.77. The van der Waals surface area contributed by atoms with Crippen molar-refractivity contribution in [1.82, 2.24) is 10.2 Å². The SMILES string of the molecule is CNC(=O)CC[C@H]1C[C@@H](C)C2[C@H](O1)[C@H](O)[C@@]1(C)[C@@H]3CC[C@H]4C(C)(C)C(OC5CN(C(=O)CC6CC6)CCO5)CCC45C[C@@]35CC[C@]21C. The van der Waals surface area contributed by atoms with Crippen LogP contribution in [0.2, 0.25) is 0 Å². The van der Waals surface area contributed by atoms with Gasteiger partial charge in [-0.25, -0.2) is 0 Å². The maximum absolute atomic E-state index is 12.9. The molecular formula is C39H62N2O6. The molecule has 8 aliphatic rings. The highest BCUT2D eigenvalue weighted by Crippen LogP contribution is 2.89. The van der Waals surface area contributed by atoms with Crippen molar-refractivity contribution in [2.45, 2.75) is 149 Å². The van der Waals surface area contributed by atoms with E-state index in [1.165, 1.54) is 51.4 Å². The molecule has 6 saturated carbocycles. The minimum atomic E-state index is -0.471. The van der Waals surface area contributed by atoms with Crippen LogP contribution < -0.4 is 5.32 Å². The van der Waals surface area contributed by atoms with E-state index in [0.717, 1.165) is 19.3 Å². The fourth-order valence-corrected chi connectivity index (χ4v) is 14.0. The lowest BCUT2D eigenvalue weighted by atomic mass is 9.41. The number of carbonyl (C=O) groups excluding carboxylic acids is 2. The van der Waals surface area contributed by atoms with E-state index in [-0.39, 0.29) is 52.7 Å². The normalized spacial score (nSPS) is 51.1. The van der Waals surface area contributed by atoms with E-state index in [9.17, 15) is 14.7 Å². The number of nitrogens with one attached hydrogen (secondary N) is 1. The van der Waals surface area contributed by atoms with Crippen LogP contribution in [0.25, 0.3) is 0 Å². The van der Waals surface area contributed by atoms with Gasteiger partial charge in [-0.3, -0.25) is 9.59 Å². The smallest absolute Gasteiger partial charge is 0.223 e. The molecule has 13 atom stereocenters. The first-order valence-corrected chi connectivity index (χ1v) is 19.4. The molecule has 0 radical (unpaired) electrons. The lowest BCUT2D eigenvalue weighted by molar-refractivity contribution is -0.248. The Bertz CT molecular complexity index is 1270. The number of aliphatic hydroxyl groups is 1. The Balaban J connectivity index is 0.987. The first-order chi connectivity index (χ1) is 22.3. The molecule has 0 bridgehead atoms. The monoisotopic (exact) mass is 654 g/mol. The van der Waals surface area contributed by atoms with E-state index in [4.69, 9.17) is 14.2 Å². The molecule has 2 saturated heterocycles. The van der Waals surface area contributed by atoms with Crippen molar-refractivity contribution in [2.75, 3.05) is 26.7 Å². The van der Waals surface area contributed by atoms with Crippen molar-refractivity contribution >= 4 is 11.8 Å². The fraction of sp³-hybridized carbons (Fsp3) is 0.949. The van der Waals surface area contributed by atoms with Crippen LogP contribution in [0.3, 0.4) is 0 Å². The lowest BCUT2D eigenvalue weighted by Gasteiger charge is -2.64. The topological polar surface area (TPSA) is 97.3 Å². The number of carbonyl (C=O) groups is 2. The molecule has 8 heteroatoms. The van der Waals surface area contributed by atoms with E-state index in [2.05, 4.69) is 39.9 Å². The molecule has 2 spiro atoms. The third-order valence-electron chi connectivity index (χ3n) is 16.6. The quantitative estimate of drug-likeness (QED) is 0.366. The average Bonchev–Trinajstić information content (AvgIpc) is 3.96. The molecule has 0 aromatic heterocycles. The summed E-state index contributed by atoms with van der Waals surface area (Å²) >= 11 is 0. The molecule has 2 N–H and O–H groups in total. The summed E-state index contributed by atoms with van der Waals surface area (Å²) < 4.78 is 19.8. The minimum absolute atomic E-state index is 0.0238. The molecular weight excluding hydrogens is 592 g/mol. The number of ether oxygens (including phenoxy) is 3. The van der Waals surface area contributed by atoms with Crippen LogP contribution in [0, 0.1) is 56.7 Å². The van der Waals surface area contributed by atoms with Crippen molar-refractivity contribution in [3.8, 4) is 0 Å². The summed E-state index contributed by atoms with van der Waals surface area (Å²) in [6.07, 6.45) is 12.8. The molecule has 6 aliphatic carbocycles. The van der Waals surface area contributed by atoms with Gasteiger partial charge in [0.2, 0.25) is 11.8 Å². The Morgan fingerprint density at radius 1 is 1.00 bits per heavy atom. The van der Waals surface area contributed by atoms with Gasteiger partial charge in [0, 0.05) is 31.8 Å². The number of hydrogen-bond acceptors (Lipinski definition) is 6. The second kappa shape index (κ2) is 11.1. The zero-order valence-corrected chi connectivity index (χ0v) is 30.0. The van der Waals surface area contributed by atoms with Gasteiger partial charge >= 0.3 is 0 Å². The second-order valence-corrected chi connectivity index (χ2v) is 18.8. The average molecular weight is 655 g/mol. The predicted molar refractivity (Wildman–Crippen MR) is 178 cm³/mol. The van der Waals surface area contributed by atoms with Crippen molar-refractivity contribution in [1.29, 1.82) is 0 Å². The van der Waals surface area contributed by atoms with Crippen molar-refractivity contribution in [3.05, 3.63) is 0 Å². The van der Waals surface area contributed by atoms with Gasteiger partial charge < -0.3 is 29.5 Å². The summed E-state index contributed by atoms with van der Waals surface area (Å²) in [4.78, 5) is 26.9. The largest absolute Gasteiger partial charge is 0.390 e. The number of hydrogen-bond donors (Lipinski definition) is 2. The number of amides is 2. The van der Waals surface area contributed by atoms with E-state index < -0.39 is 6.10 Å². The van der Waals surface area contributed by atoms with Crippen LogP contribution in [0.4, 0.5) is 0 Å². The zero-order chi connectivity index (χ0) is 33.1. The van der Waals surface area contributed by atoms with E-state index in [0.29, 0.717) is 73.0 Å². The highest BCUT2D eigenvalue weighted by Gasteiger charge is 2.84. The van der Waals surface area contributed by atoms with Crippen LogP contribution in [-0.2, 0) is 23.8 Å². The van der Waals surface area contributed by atoms with Crippen molar-refractivity contribution in [2.24, 2.45) is 56.7 Å². The lowest BCUT2D eigenvalue weighted by Crippen LogP contribution is -2.60. The fourth-order valence-electron chi connectivity index (χ4n) is 14.0. The van der Waals surface area contributed by atoms with Crippen LogP contribution in [0.5, 0.6) is 0 Å². The molecule has 8 nitrogen and oxygen atoms in total. The number of aliphatic hydroxyl groups excluding tert-OH is 1. The van der Waals surface area contributed by atoms with Gasteiger partial charge in [-0.05, 0) is 122 Å². The molecule has 2 heterocycles. The van der Waals surface area contributed by atoms with E-state index >= 15 is 0 Å². The van der Waals surface area contributed by atoms with Crippen LogP contribution in [0.1, 0.15) is 118 Å². The molecule has 2 amide bonds. The van der Waals surface area contributed by atoms with Gasteiger partial charge in [0.25, 0.3) is 0 Å². The second-order valence-electron chi connectivity index (χ2n) is 18.8. The first-order valence-electron chi connectivity index (χ1n) is 19.4. The standard InChI is InChI=1S/C39H62N2O6/c1-23-19-25(9-12-29(42)40-6)46-33-32(23)36(4)15-16-39-22-38(39)14-13-28(35(2,3)26(38)10-11-27(39)37(36,5)34(33)44)47-31-21-41(17-18-45-31)30(43)20-24-7-8-24/h23-28,31-34,44H,7-22H2,1-6H3,(H,40,42)/t23-,25+,26+,27+,28?,31?,32?,33+,34+,36-,37-,38?,39+/m1/s1. The molecule has 4 unspecified atom stereocenters.